The van der Waals surface area contributed by atoms with Gasteiger partial charge in [0.2, 0.25) is 5.91 Å². The number of carbonyl (C=O) groups excluding carboxylic acids is 1. The van der Waals surface area contributed by atoms with Crippen molar-refractivity contribution in [2.24, 2.45) is 5.92 Å². The van der Waals surface area contributed by atoms with Crippen LogP contribution in [0.25, 0.3) is 0 Å². The average Bonchev–Trinajstić information content (AvgIpc) is 2.80. The molecule has 2 aromatic rings. The van der Waals surface area contributed by atoms with Gasteiger partial charge in [0.05, 0.1) is 12.0 Å². The van der Waals surface area contributed by atoms with Gasteiger partial charge in [-0.2, -0.15) is 0 Å². The molecule has 0 aliphatic carbocycles. The van der Waals surface area contributed by atoms with Crippen LogP contribution < -0.4 is 4.90 Å². The molecule has 118 valence electrons. The predicted molar refractivity (Wildman–Crippen MR) is 95.4 cm³/mol. The van der Waals surface area contributed by atoms with E-state index in [0.717, 1.165) is 16.8 Å². The molecule has 0 saturated carbocycles. The zero-order valence-electron chi connectivity index (χ0n) is 13.8. The number of nitrogens with zero attached hydrogens (tertiary/aromatic N) is 1. The van der Waals surface area contributed by atoms with Crippen LogP contribution in [-0.4, -0.2) is 5.91 Å². The highest BCUT2D eigenvalue weighted by atomic mass is 16.2. The lowest BCUT2D eigenvalue weighted by molar-refractivity contribution is -0.124. The number of para-hydroxylation sites is 1. The highest BCUT2D eigenvalue weighted by Crippen LogP contribution is 2.49. The normalized spacial score (nSPS) is 20.0. The third kappa shape index (κ3) is 2.39. The van der Waals surface area contributed by atoms with Crippen LogP contribution in [0, 0.1) is 5.92 Å². The maximum Gasteiger partial charge on any atom is 0.238 e. The lowest BCUT2D eigenvalue weighted by Gasteiger charge is -2.32. The Balaban J connectivity index is 2.10. The third-order valence-corrected chi connectivity index (χ3v) is 4.94. The second-order valence-corrected chi connectivity index (χ2v) is 6.51. The first-order chi connectivity index (χ1) is 11.1. The van der Waals surface area contributed by atoms with Gasteiger partial charge in [-0.1, -0.05) is 68.5 Å². The highest BCUT2D eigenvalue weighted by molar-refractivity contribution is 6.08. The van der Waals surface area contributed by atoms with Crippen LogP contribution in [0.1, 0.15) is 31.4 Å². The number of hydrogen-bond donors (Lipinski definition) is 0. The maximum atomic E-state index is 13.4. The molecule has 1 heterocycles. The van der Waals surface area contributed by atoms with Crippen LogP contribution in [0.3, 0.4) is 0 Å². The van der Waals surface area contributed by atoms with Crippen molar-refractivity contribution >= 4 is 11.6 Å². The van der Waals surface area contributed by atoms with Crippen molar-refractivity contribution in [2.45, 2.75) is 32.2 Å². The van der Waals surface area contributed by atoms with Gasteiger partial charge in [-0.3, -0.25) is 4.79 Å². The Hall–Kier alpha value is -2.35. The zero-order chi connectivity index (χ0) is 16.4. The molecular weight excluding hydrogens is 282 g/mol. The van der Waals surface area contributed by atoms with E-state index in [9.17, 15) is 4.79 Å². The minimum absolute atomic E-state index is 0.192. The van der Waals surface area contributed by atoms with Crippen LogP contribution in [0.5, 0.6) is 0 Å². The van der Waals surface area contributed by atoms with Crippen molar-refractivity contribution in [3.05, 3.63) is 78.4 Å². The molecule has 1 unspecified atom stereocenters. The van der Waals surface area contributed by atoms with Gasteiger partial charge in [-0.25, -0.2) is 0 Å². The van der Waals surface area contributed by atoms with Crippen LogP contribution >= 0.6 is 0 Å². The van der Waals surface area contributed by atoms with Gasteiger partial charge in [0.1, 0.15) is 0 Å². The number of carbonyl (C=O) groups is 1. The van der Waals surface area contributed by atoms with Crippen LogP contribution in [0.2, 0.25) is 0 Å². The molecule has 0 bridgehead atoms. The van der Waals surface area contributed by atoms with Crippen molar-refractivity contribution in [3.63, 3.8) is 0 Å². The van der Waals surface area contributed by atoms with E-state index in [2.05, 4.69) is 44.7 Å². The molecule has 1 atom stereocenters. The number of fused-ring (bicyclic) bond motifs is 1. The standard InChI is InChI=1S/C21H23NO/c1-4-14-21(16(2)3)18-12-8-9-13-19(18)22(20(21)23)15-17-10-6-5-7-11-17/h4-13,16H,1,14-15H2,2-3H3. The first-order valence-corrected chi connectivity index (χ1v) is 8.17. The van der Waals surface area contributed by atoms with Crippen molar-refractivity contribution in [3.8, 4) is 0 Å². The van der Waals surface area contributed by atoms with E-state index < -0.39 is 5.41 Å². The molecule has 23 heavy (non-hydrogen) atoms. The molecule has 0 radical (unpaired) electrons. The number of rotatable bonds is 5. The summed E-state index contributed by atoms with van der Waals surface area (Å²) in [6.45, 7) is 8.77. The SMILES string of the molecule is C=CCC1(C(C)C)C(=O)N(Cc2ccccc2)c2ccccc21. The van der Waals surface area contributed by atoms with E-state index in [1.165, 1.54) is 0 Å². The summed E-state index contributed by atoms with van der Waals surface area (Å²) in [4.78, 5) is 15.3. The molecule has 0 fully saturated rings. The van der Waals surface area contributed by atoms with E-state index >= 15 is 0 Å². The Morgan fingerprint density at radius 2 is 1.74 bits per heavy atom. The summed E-state index contributed by atoms with van der Waals surface area (Å²) in [5.74, 6) is 0.410. The fourth-order valence-electron chi connectivity index (χ4n) is 3.69. The van der Waals surface area contributed by atoms with Gasteiger partial charge in [-0.15, -0.1) is 6.58 Å². The van der Waals surface area contributed by atoms with Gasteiger partial charge in [-0.05, 0) is 29.5 Å². The summed E-state index contributed by atoms with van der Waals surface area (Å²) >= 11 is 0. The zero-order valence-corrected chi connectivity index (χ0v) is 13.8. The molecular formula is C21H23NO. The van der Waals surface area contributed by atoms with E-state index in [4.69, 9.17) is 0 Å². The fourth-order valence-corrected chi connectivity index (χ4v) is 3.69. The topological polar surface area (TPSA) is 20.3 Å². The lowest BCUT2D eigenvalue weighted by atomic mass is 9.70. The van der Waals surface area contributed by atoms with Gasteiger partial charge in [0, 0.05) is 5.69 Å². The summed E-state index contributed by atoms with van der Waals surface area (Å²) in [6, 6.07) is 18.4. The van der Waals surface area contributed by atoms with Crippen LogP contribution in [0.15, 0.2) is 67.3 Å². The van der Waals surface area contributed by atoms with E-state index in [1.807, 2.05) is 41.3 Å². The fraction of sp³-hybridized carbons (Fsp3) is 0.286. The van der Waals surface area contributed by atoms with Gasteiger partial charge < -0.3 is 4.90 Å². The molecule has 1 aliphatic rings. The number of amides is 1. The molecule has 2 heteroatoms. The highest BCUT2D eigenvalue weighted by Gasteiger charge is 2.51. The number of anilines is 1. The monoisotopic (exact) mass is 305 g/mol. The third-order valence-electron chi connectivity index (χ3n) is 4.94. The Morgan fingerprint density at radius 3 is 2.39 bits per heavy atom. The van der Waals surface area contributed by atoms with Crippen molar-refractivity contribution < 1.29 is 4.79 Å². The Kier molecular flexibility index (Phi) is 4.08. The molecule has 1 aliphatic heterocycles. The molecule has 1 amide bonds. The molecule has 0 spiro atoms. The molecule has 2 nitrogen and oxygen atoms in total. The van der Waals surface area contributed by atoms with E-state index in [-0.39, 0.29) is 11.8 Å². The average molecular weight is 305 g/mol. The molecule has 0 aromatic heterocycles. The second-order valence-electron chi connectivity index (χ2n) is 6.51. The largest absolute Gasteiger partial charge is 0.307 e. The van der Waals surface area contributed by atoms with Crippen molar-refractivity contribution in [1.82, 2.24) is 0 Å². The van der Waals surface area contributed by atoms with Crippen molar-refractivity contribution in [2.75, 3.05) is 4.90 Å². The van der Waals surface area contributed by atoms with Crippen molar-refractivity contribution in [1.29, 1.82) is 0 Å². The Morgan fingerprint density at radius 1 is 1.09 bits per heavy atom. The molecule has 2 aromatic carbocycles. The molecule has 3 rings (SSSR count). The smallest absolute Gasteiger partial charge is 0.238 e. The Labute approximate surface area is 138 Å². The number of hydrogen-bond acceptors (Lipinski definition) is 1. The minimum Gasteiger partial charge on any atom is -0.307 e. The van der Waals surface area contributed by atoms with Gasteiger partial charge >= 0.3 is 0 Å². The lowest BCUT2D eigenvalue weighted by Crippen LogP contribution is -2.43. The molecule has 0 saturated heterocycles. The van der Waals surface area contributed by atoms with E-state index in [0.29, 0.717) is 13.0 Å². The first kappa shape index (κ1) is 15.5. The summed E-state index contributed by atoms with van der Waals surface area (Å²) in [5.41, 5.74) is 2.83. The maximum absolute atomic E-state index is 13.4. The summed E-state index contributed by atoms with van der Waals surface area (Å²) in [5, 5.41) is 0. The summed E-state index contributed by atoms with van der Waals surface area (Å²) in [7, 11) is 0. The summed E-state index contributed by atoms with van der Waals surface area (Å²) < 4.78 is 0. The number of benzene rings is 2. The quantitative estimate of drug-likeness (QED) is 0.733. The number of allylic oxidation sites excluding steroid dienone is 1. The van der Waals surface area contributed by atoms with Crippen LogP contribution in [0.4, 0.5) is 5.69 Å². The molecule has 0 N–H and O–H groups in total. The van der Waals surface area contributed by atoms with Crippen LogP contribution in [-0.2, 0) is 16.8 Å². The summed E-state index contributed by atoms with van der Waals surface area (Å²) in [6.07, 6.45) is 2.55. The second kappa shape index (κ2) is 6.04. The minimum atomic E-state index is -0.493. The predicted octanol–water partition coefficient (Wildman–Crippen LogP) is 4.70. The first-order valence-electron chi connectivity index (χ1n) is 8.17. The van der Waals surface area contributed by atoms with Gasteiger partial charge in [0.25, 0.3) is 0 Å². The van der Waals surface area contributed by atoms with Gasteiger partial charge in [0.15, 0.2) is 0 Å². The Bertz CT molecular complexity index is 720. The van der Waals surface area contributed by atoms with E-state index in [1.54, 1.807) is 0 Å².